The second-order valence-electron chi connectivity index (χ2n) is 7.22. The van der Waals surface area contributed by atoms with Crippen molar-refractivity contribution in [2.24, 2.45) is 11.7 Å². The van der Waals surface area contributed by atoms with Crippen molar-refractivity contribution < 1.29 is 9.53 Å². The lowest BCUT2D eigenvalue weighted by Gasteiger charge is -2.35. The molecule has 25 heavy (non-hydrogen) atoms. The van der Waals surface area contributed by atoms with Crippen LogP contribution in [-0.4, -0.2) is 43.2 Å². The summed E-state index contributed by atoms with van der Waals surface area (Å²) in [6.07, 6.45) is 5.82. The molecule has 6 nitrogen and oxygen atoms in total. The number of rotatable bonds is 6. The Morgan fingerprint density at radius 2 is 2.20 bits per heavy atom. The van der Waals surface area contributed by atoms with E-state index >= 15 is 0 Å². The highest BCUT2D eigenvalue weighted by Crippen LogP contribution is 2.42. The summed E-state index contributed by atoms with van der Waals surface area (Å²) in [7, 11) is 1.65. The zero-order chi connectivity index (χ0) is 17.8. The number of methoxy groups -OCH3 is 1. The van der Waals surface area contributed by atoms with Crippen molar-refractivity contribution in [2.75, 3.05) is 25.2 Å². The van der Waals surface area contributed by atoms with E-state index in [0.717, 1.165) is 29.9 Å². The van der Waals surface area contributed by atoms with Crippen LogP contribution in [-0.2, 0) is 16.1 Å². The third kappa shape index (κ3) is 3.96. The second kappa shape index (κ2) is 8.15. The summed E-state index contributed by atoms with van der Waals surface area (Å²) in [4.78, 5) is 19.7. The van der Waals surface area contributed by atoms with Crippen molar-refractivity contribution in [1.82, 2.24) is 10.3 Å². The van der Waals surface area contributed by atoms with Crippen LogP contribution in [0.2, 0.25) is 0 Å². The van der Waals surface area contributed by atoms with E-state index in [0.29, 0.717) is 31.7 Å². The molecule has 1 saturated carbocycles. The van der Waals surface area contributed by atoms with Crippen LogP contribution in [0.1, 0.15) is 43.5 Å². The molecule has 1 aliphatic heterocycles. The molecule has 2 fully saturated rings. The highest BCUT2D eigenvalue weighted by Gasteiger charge is 2.45. The summed E-state index contributed by atoms with van der Waals surface area (Å²) in [6, 6.07) is 4.47. The number of carbonyl (C=O) groups is 1. The van der Waals surface area contributed by atoms with Gasteiger partial charge in [0.05, 0.1) is 12.3 Å². The molecule has 0 bridgehead atoms. The Labute approximate surface area is 150 Å². The van der Waals surface area contributed by atoms with E-state index in [9.17, 15) is 4.79 Å². The molecule has 3 atom stereocenters. The molecule has 1 amide bonds. The minimum atomic E-state index is -0.114. The van der Waals surface area contributed by atoms with E-state index in [2.05, 4.69) is 27.3 Å². The Hall–Kier alpha value is -1.66. The van der Waals surface area contributed by atoms with Crippen molar-refractivity contribution >= 4 is 11.6 Å². The first-order valence-electron chi connectivity index (χ1n) is 9.36. The van der Waals surface area contributed by atoms with Gasteiger partial charge in [0.1, 0.15) is 6.04 Å². The summed E-state index contributed by atoms with van der Waals surface area (Å²) in [5.41, 5.74) is 8.75. The number of ether oxygens (including phenoxy) is 1. The van der Waals surface area contributed by atoms with Gasteiger partial charge >= 0.3 is 0 Å². The minimum Gasteiger partial charge on any atom is -0.383 e. The molecule has 2 aliphatic rings. The van der Waals surface area contributed by atoms with Crippen LogP contribution in [0.25, 0.3) is 0 Å². The molecule has 0 unspecified atom stereocenters. The number of aryl methyl sites for hydroxylation is 1. The maximum Gasteiger partial charge on any atom is 0.242 e. The van der Waals surface area contributed by atoms with Gasteiger partial charge < -0.3 is 20.7 Å². The lowest BCUT2D eigenvalue weighted by molar-refractivity contribution is -0.122. The van der Waals surface area contributed by atoms with Gasteiger partial charge in [0.2, 0.25) is 5.91 Å². The van der Waals surface area contributed by atoms with Crippen LogP contribution < -0.4 is 16.0 Å². The van der Waals surface area contributed by atoms with Gasteiger partial charge in [-0.15, -0.1) is 0 Å². The molecular weight excluding hydrogens is 316 g/mol. The lowest BCUT2D eigenvalue weighted by atomic mass is 9.84. The van der Waals surface area contributed by atoms with Crippen LogP contribution in [0.5, 0.6) is 0 Å². The normalized spacial score (nSPS) is 25.7. The average Bonchev–Trinajstić information content (AvgIpc) is 3.01. The predicted octanol–water partition coefficient (Wildman–Crippen LogP) is 1.75. The maximum absolute atomic E-state index is 12.8. The molecule has 0 radical (unpaired) electrons. The van der Waals surface area contributed by atoms with E-state index in [1.54, 1.807) is 7.11 Å². The van der Waals surface area contributed by atoms with Crippen LogP contribution in [0.15, 0.2) is 12.1 Å². The fourth-order valence-corrected chi connectivity index (χ4v) is 4.43. The van der Waals surface area contributed by atoms with Crippen LogP contribution in [0.4, 0.5) is 5.69 Å². The van der Waals surface area contributed by atoms with E-state index in [-0.39, 0.29) is 11.9 Å². The number of pyridine rings is 1. The van der Waals surface area contributed by atoms with Crippen LogP contribution >= 0.6 is 0 Å². The lowest BCUT2D eigenvalue weighted by Crippen LogP contribution is -2.47. The molecule has 1 aliphatic carbocycles. The summed E-state index contributed by atoms with van der Waals surface area (Å²) in [5.74, 6) is 0.705. The number of hydrogen-bond donors (Lipinski definition) is 2. The van der Waals surface area contributed by atoms with Gasteiger partial charge in [0.15, 0.2) is 0 Å². The first-order valence-corrected chi connectivity index (χ1v) is 9.36. The van der Waals surface area contributed by atoms with Crippen molar-refractivity contribution in [2.45, 2.75) is 57.7 Å². The summed E-state index contributed by atoms with van der Waals surface area (Å²) in [5, 5.41) is 3.03. The Morgan fingerprint density at radius 3 is 2.96 bits per heavy atom. The number of nitrogens with two attached hydrogens (primary N) is 1. The third-order valence-electron chi connectivity index (χ3n) is 5.49. The molecule has 0 aromatic carbocycles. The minimum absolute atomic E-state index is 0.107. The van der Waals surface area contributed by atoms with Crippen LogP contribution in [0.3, 0.4) is 0 Å². The van der Waals surface area contributed by atoms with Gasteiger partial charge in [-0.2, -0.15) is 0 Å². The van der Waals surface area contributed by atoms with Gasteiger partial charge in [-0.3, -0.25) is 9.78 Å². The molecule has 3 N–H and O–H groups in total. The number of nitrogens with one attached hydrogen (secondary N) is 1. The number of hydrogen-bond acceptors (Lipinski definition) is 5. The van der Waals surface area contributed by atoms with Gasteiger partial charge in [-0.05, 0) is 44.2 Å². The summed E-state index contributed by atoms with van der Waals surface area (Å²) >= 11 is 0. The molecule has 6 heteroatoms. The van der Waals surface area contributed by atoms with E-state index < -0.39 is 0 Å². The molecule has 1 aromatic heterocycles. The Morgan fingerprint density at radius 1 is 1.40 bits per heavy atom. The monoisotopic (exact) mass is 346 g/mol. The van der Waals surface area contributed by atoms with Gasteiger partial charge in [0, 0.05) is 37.6 Å². The quantitative estimate of drug-likeness (QED) is 0.767. The smallest absolute Gasteiger partial charge is 0.242 e. The predicted molar refractivity (Wildman–Crippen MR) is 98.4 cm³/mol. The SMILES string of the molecule is COCCNC(=O)[C@@H]1C[C@@H]2CCCC[C@@H]2N1c1cc(C)nc(CN)c1. The Kier molecular flexibility index (Phi) is 5.91. The number of aromatic nitrogens is 1. The molecule has 138 valence electrons. The number of anilines is 1. The zero-order valence-electron chi connectivity index (χ0n) is 15.3. The van der Waals surface area contributed by atoms with E-state index in [1.807, 2.05) is 6.92 Å². The Bertz CT molecular complexity index is 607. The molecular formula is C19H30N4O2. The number of fused-ring (bicyclic) bond motifs is 1. The first-order chi connectivity index (χ1) is 12.1. The first kappa shape index (κ1) is 18.1. The average molecular weight is 346 g/mol. The summed E-state index contributed by atoms with van der Waals surface area (Å²) in [6.45, 7) is 3.50. The van der Waals surface area contributed by atoms with Crippen molar-refractivity contribution in [3.8, 4) is 0 Å². The Balaban J connectivity index is 1.87. The van der Waals surface area contributed by atoms with Crippen LogP contribution in [0, 0.1) is 12.8 Å². The number of nitrogens with zero attached hydrogens (tertiary/aromatic N) is 2. The standard InChI is InChI=1S/C19H30N4O2/c1-13-9-16(11-15(12-20)22-13)23-17-6-4-3-5-14(17)10-18(23)19(24)21-7-8-25-2/h9,11,14,17-18H,3-8,10,12,20H2,1-2H3,(H,21,24)/t14-,17-,18-/m0/s1. The van der Waals surface area contributed by atoms with Gasteiger partial charge in [0.25, 0.3) is 0 Å². The fourth-order valence-electron chi connectivity index (χ4n) is 4.43. The highest BCUT2D eigenvalue weighted by molar-refractivity contribution is 5.86. The maximum atomic E-state index is 12.8. The van der Waals surface area contributed by atoms with E-state index in [4.69, 9.17) is 10.5 Å². The van der Waals surface area contributed by atoms with Gasteiger partial charge in [-0.25, -0.2) is 0 Å². The highest BCUT2D eigenvalue weighted by atomic mass is 16.5. The second-order valence-corrected chi connectivity index (χ2v) is 7.22. The number of carbonyl (C=O) groups excluding carboxylic acids is 1. The fraction of sp³-hybridized carbons (Fsp3) is 0.684. The van der Waals surface area contributed by atoms with E-state index in [1.165, 1.54) is 19.3 Å². The molecule has 2 heterocycles. The topological polar surface area (TPSA) is 80.5 Å². The van der Waals surface area contributed by atoms with Crippen molar-refractivity contribution in [3.05, 3.63) is 23.5 Å². The summed E-state index contributed by atoms with van der Waals surface area (Å²) < 4.78 is 5.06. The molecule has 1 saturated heterocycles. The molecule has 0 spiro atoms. The van der Waals surface area contributed by atoms with Gasteiger partial charge in [-0.1, -0.05) is 12.8 Å². The largest absolute Gasteiger partial charge is 0.383 e. The molecule has 3 rings (SSSR count). The number of amides is 1. The molecule has 1 aromatic rings. The van der Waals surface area contributed by atoms with Crippen molar-refractivity contribution in [3.63, 3.8) is 0 Å². The van der Waals surface area contributed by atoms with Crippen molar-refractivity contribution in [1.29, 1.82) is 0 Å². The third-order valence-corrected chi connectivity index (χ3v) is 5.49. The zero-order valence-corrected chi connectivity index (χ0v) is 15.3.